The second kappa shape index (κ2) is 15.8. The highest BCUT2D eigenvalue weighted by atomic mass is 79.9. The van der Waals surface area contributed by atoms with Crippen molar-refractivity contribution < 1.29 is 43.0 Å². The number of aromatic nitrogens is 1. The standard InChI is InChI=1S/C33H26Br2N2O8S2/c1-2-21(15-32-36(19-46-44-42-38)28-17-24(7-13-30(28)40-32)22-3-9-26(34)10-4-22)16-33-37(20-47-45-43-39)29-18-25(8-14-31(29)41-33)23-5-11-27(35)12-6-23/h3-18H,2,19-20H2,1H3,(H-,38,39)/p-1. The summed E-state index contributed by atoms with van der Waals surface area (Å²) in [5.74, 6) is 2.14. The minimum absolute atomic E-state index is 0.217. The summed E-state index contributed by atoms with van der Waals surface area (Å²) in [4.78, 5) is 1.90. The van der Waals surface area contributed by atoms with Gasteiger partial charge < -0.3 is 19.7 Å². The monoisotopic (exact) mass is 799 g/mol. The molecular formula is C33H25Br2N2O8S2-. The predicted octanol–water partition coefficient (Wildman–Crippen LogP) is 7.77. The van der Waals surface area contributed by atoms with E-state index in [-0.39, 0.29) is 11.8 Å². The number of oxazole rings is 1. The van der Waals surface area contributed by atoms with Gasteiger partial charge in [0.2, 0.25) is 17.3 Å². The minimum atomic E-state index is 0.217. The smallest absolute Gasteiger partial charge is 0.375 e. The van der Waals surface area contributed by atoms with E-state index in [1.54, 1.807) is 0 Å². The van der Waals surface area contributed by atoms with Crippen LogP contribution in [0.2, 0.25) is 0 Å². The highest BCUT2D eigenvalue weighted by molar-refractivity contribution is 9.10. The zero-order valence-corrected chi connectivity index (χ0v) is 29.4. The molecule has 14 heteroatoms. The van der Waals surface area contributed by atoms with Gasteiger partial charge in [0.15, 0.2) is 5.75 Å². The Bertz CT molecular complexity index is 1920. The lowest BCUT2D eigenvalue weighted by atomic mass is 10.0. The Labute approximate surface area is 295 Å². The van der Waals surface area contributed by atoms with E-state index < -0.39 is 0 Å². The first-order chi connectivity index (χ1) is 23.0. The van der Waals surface area contributed by atoms with E-state index in [2.05, 4.69) is 50.6 Å². The third-order valence-electron chi connectivity index (χ3n) is 7.36. The largest absolute Gasteiger partial charge is 0.691 e. The molecule has 10 nitrogen and oxygen atoms in total. The average molecular weight is 802 g/mol. The lowest BCUT2D eigenvalue weighted by molar-refractivity contribution is -0.778. The third-order valence-corrected chi connectivity index (χ3v) is 9.45. The zero-order valence-electron chi connectivity index (χ0n) is 24.6. The van der Waals surface area contributed by atoms with Crippen molar-refractivity contribution in [2.24, 2.45) is 0 Å². The molecule has 0 atom stereocenters. The summed E-state index contributed by atoms with van der Waals surface area (Å²) in [6, 6.07) is 27.9. The highest BCUT2D eigenvalue weighted by Crippen LogP contribution is 2.43. The van der Waals surface area contributed by atoms with Gasteiger partial charge >= 0.3 is 5.89 Å². The number of ether oxygens (including phenoxy) is 1. The second-order valence-electron chi connectivity index (χ2n) is 10.1. The molecule has 1 aliphatic heterocycles. The molecule has 1 aromatic heterocycles. The lowest BCUT2D eigenvalue weighted by Crippen LogP contribution is -2.34. The topological polar surface area (TPSA) is 113 Å². The minimum Gasteiger partial charge on any atom is -0.691 e. The van der Waals surface area contributed by atoms with Gasteiger partial charge in [0.25, 0.3) is 5.52 Å². The molecule has 0 bridgehead atoms. The first kappa shape index (κ1) is 33.7. The normalized spacial score (nSPS) is 13.9. The van der Waals surface area contributed by atoms with Gasteiger partial charge in [-0.15, -0.1) is 4.57 Å². The van der Waals surface area contributed by atoms with Gasteiger partial charge in [-0.1, -0.05) is 75.2 Å². The van der Waals surface area contributed by atoms with Crippen LogP contribution < -0.4 is 24.7 Å². The van der Waals surface area contributed by atoms with E-state index >= 15 is 0 Å². The average Bonchev–Trinajstić information content (AvgIpc) is 3.61. The van der Waals surface area contributed by atoms with Gasteiger partial charge in [-0.3, -0.25) is 15.0 Å². The van der Waals surface area contributed by atoms with Crippen molar-refractivity contribution in [1.82, 2.24) is 0 Å². The maximum absolute atomic E-state index is 10.6. The van der Waals surface area contributed by atoms with Crippen molar-refractivity contribution in [2.75, 3.05) is 10.8 Å². The molecule has 47 heavy (non-hydrogen) atoms. The van der Waals surface area contributed by atoms with Gasteiger partial charge in [0.05, 0.1) is 23.8 Å². The molecule has 1 aliphatic rings. The Morgan fingerprint density at radius 3 is 2.11 bits per heavy atom. The Hall–Kier alpha value is -3.15. The number of hydrogen-bond donors (Lipinski definition) is 0. The van der Waals surface area contributed by atoms with Crippen LogP contribution in [0.1, 0.15) is 19.2 Å². The van der Waals surface area contributed by atoms with E-state index in [4.69, 9.17) is 9.15 Å². The fourth-order valence-electron chi connectivity index (χ4n) is 5.08. The van der Waals surface area contributed by atoms with Crippen LogP contribution in [0.3, 0.4) is 0 Å². The van der Waals surface area contributed by atoms with Crippen molar-refractivity contribution in [1.29, 1.82) is 0 Å². The van der Waals surface area contributed by atoms with Crippen molar-refractivity contribution in [3.63, 3.8) is 0 Å². The lowest BCUT2D eigenvalue weighted by Gasteiger charge is -2.18. The summed E-state index contributed by atoms with van der Waals surface area (Å²) in [5, 5.41) is 28.3. The molecule has 6 rings (SSSR count). The molecule has 0 N–H and O–H groups in total. The van der Waals surface area contributed by atoms with Crippen LogP contribution >= 0.6 is 55.9 Å². The molecular weight excluding hydrogens is 776 g/mol. The van der Waals surface area contributed by atoms with Crippen LogP contribution in [0.4, 0.5) is 5.69 Å². The molecule has 0 aliphatic carbocycles. The number of nitrogens with zero attached hydrogens (tertiary/aromatic N) is 2. The van der Waals surface area contributed by atoms with Gasteiger partial charge in [0.1, 0.15) is 17.9 Å². The van der Waals surface area contributed by atoms with Crippen molar-refractivity contribution in [2.45, 2.75) is 19.2 Å². The summed E-state index contributed by atoms with van der Waals surface area (Å²) in [7, 11) is 0. The van der Waals surface area contributed by atoms with E-state index in [0.717, 1.165) is 72.1 Å². The molecule has 0 unspecified atom stereocenters. The quantitative estimate of drug-likeness (QED) is 0.0383. The fraction of sp³-hybridized carbons (Fsp3) is 0.121. The van der Waals surface area contributed by atoms with Crippen LogP contribution in [0.25, 0.3) is 39.4 Å². The van der Waals surface area contributed by atoms with Crippen molar-refractivity contribution in [3.8, 4) is 28.0 Å². The first-order valence-corrected chi connectivity index (χ1v) is 17.5. The van der Waals surface area contributed by atoms with Crippen LogP contribution in [0.5, 0.6) is 5.75 Å². The third kappa shape index (κ3) is 7.95. The number of anilines is 1. The van der Waals surface area contributed by atoms with E-state index in [9.17, 15) is 10.5 Å². The van der Waals surface area contributed by atoms with Gasteiger partial charge in [-0.25, -0.2) is 0 Å². The molecule has 0 radical (unpaired) electrons. The highest BCUT2D eigenvalue weighted by Gasteiger charge is 2.28. The fourth-order valence-corrected chi connectivity index (χ4v) is 6.51. The number of allylic oxidation sites excluding steroid dienone is 2. The summed E-state index contributed by atoms with van der Waals surface area (Å²) >= 11 is 8.66. The van der Waals surface area contributed by atoms with Crippen LogP contribution in [-0.2, 0) is 24.6 Å². The summed E-state index contributed by atoms with van der Waals surface area (Å²) in [6.45, 7) is 2.02. The number of hydrogen-bond acceptors (Lipinski definition) is 11. The molecule has 0 fully saturated rings. The van der Waals surface area contributed by atoms with Crippen molar-refractivity contribution in [3.05, 3.63) is 117 Å². The van der Waals surface area contributed by atoms with E-state index in [1.807, 2.05) is 113 Å². The van der Waals surface area contributed by atoms with Gasteiger partial charge in [-0.05, 0) is 76.7 Å². The Balaban J connectivity index is 1.37. The van der Waals surface area contributed by atoms with Crippen LogP contribution in [0.15, 0.2) is 116 Å². The summed E-state index contributed by atoms with van der Waals surface area (Å²) < 4.78 is 25.7. The van der Waals surface area contributed by atoms with E-state index in [1.165, 1.54) is 0 Å². The SMILES string of the molecule is CCC(/C=C1\Oc2ccc(-c3ccc(Br)cc3)cc2N1CSOO[O-])=C\c1oc2ccc(-c3ccc(Br)cc3)cc2[n+]1CSOO[O-]. The molecule has 242 valence electrons. The summed E-state index contributed by atoms with van der Waals surface area (Å²) in [5.41, 5.74) is 7.21. The predicted molar refractivity (Wildman–Crippen MR) is 183 cm³/mol. The Kier molecular flexibility index (Phi) is 11.4. The molecule has 0 saturated heterocycles. The molecule has 5 aromatic rings. The maximum Gasteiger partial charge on any atom is 0.375 e. The maximum atomic E-state index is 10.6. The molecule has 2 heterocycles. The second-order valence-corrected chi connectivity index (χ2v) is 13.2. The molecule has 0 spiro atoms. The number of rotatable bonds is 13. The summed E-state index contributed by atoms with van der Waals surface area (Å²) in [6.07, 6.45) is 4.45. The van der Waals surface area contributed by atoms with Gasteiger partial charge in [0, 0.05) is 21.1 Å². The number of fused-ring (bicyclic) bond motifs is 2. The first-order valence-electron chi connectivity index (χ1n) is 14.1. The molecule has 0 saturated carbocycles. The Morgan fingerprint density at radius 2 is 1.45 bits per heavy atom. The van der Waals surface area contributed by atoms with Gasteiger partial charge in [-0.2, -0.15) is 8.67 Å². The number of benzene rings is 4. The zero-order chi connectivity index (χ0) is 32.8. The van der Waals surface area contributed by atoms with Crippen LogP contribution in [-0.4, -0.2) is 5.88 Å². The molecule has 0 amide bonds. The molecule has 4 aromatic carbocycles. The van der Waals surface area contributed by atoms with Crippen molar-refractivity contribution >= 4 is 78.8 Å². The van der Waals surface area contributed by atoms with E-state index in [0.29, 0.717) is 29.5 Å². The number of halogens is 2. The Morgan fingerprint density at radius 1 is 0.830 bits per heavy atom. The van der Waals surface area contributed by atoms with Crippen LogP contribution in [0, 0.1) is 0 Å².